The van der Waals surface area contributed by atoms with Crippen molar-refractivity contribution in [3.8, 4) is 0 Å². The van der Waals surface area contributed by atoms with Crippen molar-refractivity contribution in [2.45, 2.75) is 44.6 Å². The first-order chi connectivity index (χ1) is 9.82. The van der Waals surface area contributed by atoms with Crippen LogP contribution in [0.4, 0.5) is 4.39 Å². The summed E-state index contributed by atoms with van der Waals surface area (Å²) in [5.41, 5.74) is -0.651. The Morgan fingerprint density at radius 2 is 1.95 bits per heavy atom. The van der Waals surface area contributed by atoms with Crippen molar-refractivity contribution in [2.75, 3.05) is 0 Å². The number of benzene rings is 1. The van der Waals surface area contributed by atoms with Crippen LogP contribution in [0.15, 0.2) is 24.3 Å². The van der Waals surface area contributed by atoms with Crippen molar-refractivity contribution in [1.29, 1.82) is 0 Å². The van der Waals surface area contributed by atoms with Gasteiger partial charge in [-0.1, -0.05) is 18.2 Å². The van der Waals surface area contributed by atoms with Gasteiger partial charge in [0, 0.05) is 11.6 Å². The molecule has 1 aromatic rings. The van der Waals surface area contributed by atoms with Crippen LogP contribution in [0.25, 0.3) is 0 Å². The Kier molecular flexibility index (Phi) is 4.30. The van der Waals surface area contributed by atoms with Crippen molar-refractivity contribution in [3.63, 3.8) is 0 Å². The lowest BCUT2D eigenvalue weighted by Crippen LogP contribution is -2.44. The van der Waals surface area contributed by atoms with Gasteiger partial charge in [0.05, 0.1) is 11.3 Å². The number of hydrogen-bond acceptors (Lipinski definition) is 2. The van der Waals surface area contributed by atoms with E-state index in [9.17, 15) is 14.0 Å². The highest BCUT2D eigenvalue weighted by molar-refractivity contribution is 5.87. The fourth-order valence-electron chi connectivity index (χ4n) is 2.79. The standard InChI is InChI=1S/C16H20FNO3/c1-16(2,12-5-3-4-6-13(12)17)15(21)18-11-8-7-10(9-11)14(19)20/h3-6,10-11H,7-9H2,1-2H3,(H,18,21)(H,19,20)/t10-,11+/m0/s1. The molecule has 1 fully saturated rings. The van der Waals surface area contributed by atoms with Crippen LogP contribution in [0.2, 0.25) is 0 Å². The van der Waals surface area contributed by atoms with E-state index in [1.54, 1.807) is 32.0 Å². The SMILES string of the molecule is CC(C)(C(=O)N[C@@H]1CC[C@H](C(=O)O)C1)c1ccccc1F. The number of carbonyl (C=O) groups is 2. The molecule has 0 heterocycles. The number of carbonyl (C=O) groups excluding carboxylic acids is 1. The van der Waals surface area contributed by atoms with E-state index in [4.69, 9.17) is 5.11 Å². The molecule has 0 unspecified atom stereocenters. The summed E-state index contributed by atoms with van der Waals surface area (Å²) in [5.74, 6) is -1.90. The lowest BCUT2D eigenvalue weighted by molar-refractivity contribution is -0.141. The van der Waals surface area contributed by atoms with Gasteiger partial charge < -0.3 is 10.4 Å². The van der Waals surface area contributed by atoms with Crippen molar-refractivity contribution in [1.82, 2.24) is 5.32 Å². The molecule has 1 amide bonds. The summed E-state index contributed by atoms with van der Waals surface area (Å²) < 4.78 is 13.9. The lowest BCUT2D eigenvalue weighted by atomic mass is 9.83. The molecule has 0 spiro atoms. The summed E-state index contributed by atoms with van der Waals surface area (Å²) in [5, 5.41) is 11.8. The summed E-state index contributed by atoms with van der Waals surface area (Å²) in [7, 11) is 0. The van der Waals surface area contributed by atoms with Crippen molar-refractivity contribution >= 4 is 11.9 Å². The van der Waals surface area contributed by atoms with E-state index in [0.717, 1.165) is 0 Å². The minimum absolute atomic E-state index is 0.148. The minimum Gasteiger partial charge on any atom is -0.481 e. The summed E-state index contributed by atoms with van der Waals surface area (Å²) in [4.78, 5) is 23.4. The number of aliphatic carboxylic acids is 1. The predicted molar refractivity (Wildman–Crippen MR) is 76.3 cm³/mol. The van der Waals surface area contributed by atoms with E-state index in [1.807, 2.05) is 0 Å². The quantitative estimate of drug-likeness (QED) is 0.896. The molecular formula is C16H20FNO3. The molecule has 21 heavy (non-hydrogen) atoms. The van der Waals surface area contributed by atoms with Crippen LogP contribution in [0.3, 0.4) is 0 Å². The number of amides is 1. The van der Waals surface area contributed by atoms with Gasteiger partial charge >= 0.3 is 5.97 Å². The molecule has 2 N–H and O–H groups in total. The Hall–Kier alpha value is -1.91. The zero-order chi connectivity index (χ0) is 15.6. The molecule has 0 saturated heterocycles. The summed E-state index contributed by atoms with van der Waals surface area (Å²) in [6.45, 7) is 3.34. The second-order valence-electron chi connectivity index (χ2n) is 6.12. The largest absolute Gasteiger partial charge is 0.481 e. The Morgan fingerprint density at radius 1 is 1.29 bits per heavy atom. The first-order valence-electron chi connectivity index (χ1n) is 7.11. The number of halogens is 1. The maximum Gasteiger partial charge on any atom is 0.306 e. The van der Waals surface area contributed by atoms with Gasteiger partial charge in [0.1, 0.15) is 5.82 Å². The number of hydrogen-bond donors (Lipinski definition) is 2. The van der Waals surface area contributed by atoms with Crippen LogP contribution in [0.5, 0.6) is 0 Å². The van der Waals surface area contributed by atoms with E-state index in [0.29, 0.717) is 24.8 Å². The number of nitrogens with one attached hydrogen (secondary N) is 1. The fraction of sp³-hybridized carbons (Fsp3) is 0.500. The zero-order valence-electron chi connectivity index (χ0n) is 12.2. The molecule has 114 valence electrons. The van der Waals surface area contributed by atoms with E-state index in [-0.39, 0.29) is 11.9 Å². The maximum atomic E-state index is 13.9. The number of carboxylic acid groups (broad SMARTS) is 1. The van der Waals surface area contributed by atoms with Gasteiger partial charge in [-0.25, -0.2) is 4.39 Å². The molecular weight excluding hydrogens is 273 g/mol. The summed E-state index contributed by atoms with van der Waals surface area (Å²) in [6, 6.07) is 6.07. The smallest absolute Gasteiger partial charge is 0.306 e. The third-order valence-electron chi connectivity index (χ3n) is 4.23. The highest BCUT2D eigenvalue weighted by atomic mass is 19.1. The van der Waals surface area contributed by atoms with Gasteiger partial charge in [0.15, 0.2) is 0 Å². The zero-order valence-corrected chi connectivity index (χ0v) is 12.2. The van der Waals surface area contributed by atoms with E-state index >= 15 is 0 Å². The first-order valence-corrected chi connectivity index (χ1v) is 7.11. The van der Waals surface area contributed by atoms with Crippen LogP contribution in [-0.2, 0) is 15.0 Å². The molecule has 1 aliphatic rings. The van der Waals surface area contributed by atoms with Crippen LogP contribution in [0, 0.1) is 11.7 Å². The lowest BCUT2D eigenvalue weighted by Gasteiger charge is -2.26. The van der Waals surface area contributed by atoms with Gasteiger partial charge in [-0.2, -0.15) is 0 Å². The first kappa shape index (κ1) is 15.5. The monoisotopic (exact) mass is 293 g/mol. The van der Waals surface area contributed by atoms with Gasteiger partial charge in [0.2, 0.25) is 5.91 Å². The predicted octanol–water partition coefficient (Wildman–Crippen LogP) is 2.47. The van der Waals surface area contributed by atoms with Gasteiger partial charge in [0.25, 0.3) is 0 Å². The molecule has 0 aliphatic heterocycles. The summed E-state index contributed by atoms with van der Waals surface area (Å²) >= 11 is 0. The highest BCUT2D eigenvalue weighted by Gasteiger charge is 2.36. The van der Waals surface area contributed by atoms with Gasteiger partial charge in [-0.3, -0.25) is 9.59 Å². The molecule has 1 saturated carbocycles. The van der Waals surface area contributed by atoms with Crippen molar-refractivity contribution < 1.29 is 19.1 Å². The van der Waals surface area contributed by atoms with E-state index in [2.05, 4.69) is 5.32 Å². The Bertz CT molecular complexity index is 556. The fourth-order valence-corrected chi connectivity index (χ4v) is 2.79. The topological polar surface area (TPSA) is 66.4 Å². The molecule has 0 radical (unpaired) electrons. The Labute approximate surface area is 123 Å². The second kappa shape index (κ2) is 5.84. The van der Waals surface area contributed by atoms with Crippen LogP contribution >= 0.6 is 0 Å². The molecule has 0 bridgehead atoms. The van der Waals surface area contributed by atoms with Crippen LogP contribution in [0.1, 0.15) is 38.7 Å². The van der Waals surface area contributed by atoms with Gasteiger partial charge in [-0.15, -0.1) is 0 Å². The van der Waals surface area contributed by atoms with E-state index < -0.39 is 23.1 Å². The highest BCUT2D eigenvalue weighted by Crippen LogP contribution is 2.29. The van der Waals surface area contributed by atoms with Gasteiger partial charge in [-0.05, 0) is 39.2 Å². The molecule has 1 aliphatic carbocycles. The normalized spacial score (nSPS) is 22.0. The second-order valence-corrected chi connectivity index (χ2v) is 6.12. The Morgan fingerprint density at radius 3 is 2.52 bits per heavy atom. The molecule has 0 aromatic heterocycles. The third kappa shape index (κ3) is 3.23. The number of rotatable bonds is 4. The summed E-state index contributed by atoms with van der Waals surface area (Å²) in [6.07, 6.45) is 1.66. The van der Waals surface area contributed by atoms with Crippen molar-refractivity contribution in [3.05, 3.63) is 35.6 Å². The van der Waals surface area contributed by atoms with Crippen LogP contribution in [-0.4, -0.2) is 23.0 Å². The molecule has 1 aromatic carbocycles. The van der Waals surface area contributed by atoms with Crippen molar-refractivity contribution in [2.24, 2.45) is 5.92 Å². The maximum absolute atomic E-state index is 13.9. The molecule has 2 rings (SSSR count). The number of carboxylic acids is 1. The molecule has 2 atom stereocenters. The minimum atomic E-state index is -0.993. The Balaban J connectivity index is 2.06. The van der Waals surface area contributed by atoms with Crippen LogP contribution < -0.4 is 5.32 Å². The van der Waals surface area contributed by atoms with E-state index in [1.165, 1.54) is 6.07 Å². The molecule has 4 nitrogen and oxygen atoms in total. The third-order valence-corrected chi connectivity index (χ3v) is 4.23. The average Bonchev–Trinajstić information content (AvgIpc) is 2.87. The molecule has 5 heteroatoms. The average molecular weight is 293 g/mol.